The quantitative estimate of drug-likeness (QED) is 0.409. The van der Waals surface area contributed by atoms with Crippen molar-refractivity contribution in [3.05, 3.63) is 125 Å². The standard InChI is InChI=1S/C28H24N2O2/c1-20-11-15-23(16-12-20)30-27(29-26-10-6-5-9-25(26)28(30)31)22-13-17-24(18-14-22)32-19-21-7-3-2-4-8-21/h2-18,27,29H,19H2,1H3/t27-/m0/s1. The predicted molar refractivity (Wildman–Crippen MR) is 128 cm³/mol. The van der Waals surface area contributed by atoms with Crippen LogP contribution in [0.25, 0.3) is 0 Å². The smallest absolute Gasteiger partial charge is 0.262 e. The highest BCUT2D eigenvalue weighted by Gasteiger charge is 2.33. The van der Waals surface area contributed by atoms with Gasteiger partial charge >= 0.3 is 0 Å². The summed E-state index contributed by atoms with van der Waals surface area (Å²) in [6.45, 7) is 2.56. The molecular weight excluding hydrogens is 396 g/mol. The lowest BCUT2D eigenvalue weighted by Gasteiger charge is -2.38. The number of nitrogens with one attached hydrogen (secondary N) is 1. The number of benzene rings is 4. The van der Waals surface area contributed by atoms with Crippen LogP contribution in [0.4, 0.5) is 11.4 Å². The Morgan fingerprint density at radius 2 is 1.50 bits per heavy atom. The number of carbonyl (C=O) groups is 1. The molecular formula is C28H24N2O2. The van der Waals surface area contributed by atoms with Crippen LogP contribution in [0, 0.1) is 6.92 Å². The molecule has 4 nitrogen and oxygen atoms in total. The molecule has 32 heavy (non-hydrogen) atoms. The lowest BCUT2D eigenvalue weighted by atomic mass is 10.0. The van der Waals surface area contributed by atoms with E-state index in [0.717, 1.165) is 33.8 Å². The molecule has 1 aliphatic rings. The lowest BCUT2D eigenvalue weighted by molar-refractivity contribution is 0.0975. The largest absolute Gasteiger partial charge is 0.489 e. The Bertz CT molecular complexity index is 1220. The molecule has 0 saturated heterocycles. The van der Waals surface area contributed by atoms with E-state index in [-0.39, 0.29) is 12.1 Å². The third-order valence-electron chi connectivity index (χ3n) is 5.68. The lowest BCUT2D eigenvalue weighted by Crippen LogP contribution is -2.43. The first-order chi connectivity index (χ1) is 15.7. The number of hydrogen-bond donors (Lipinski definition) is 1. The van der Waals surface area contributed by atoms with Crippen LogP contribution < -0.4 is 15.0 Å². The fourth-order valence-corrected chi connectivity index (χ4v) is 3.95. The summed E-state index contributed by atoms with van der Waals surface area (Å²) in [5.74, 6) is 0.777. The second-order valence-electron chi connectivity index (χ2n) is 7.95. The fraction of sp³-hybridized carbons (Fsp3) is 0.107. The summed E-state index contributed by atoms with van der Waals surface area (Å²) in [4.78, 5) is 15.3. The zero-order valence-electron chi connectivity index (χ0n) is 17.9. The van der Waals surface area contributed by atoms with Crippen molar-refractivity contribution >= 4 is 17.3 Å². The maximum atomic E-state index is 13.5. The second kappa shape index (κ2) is 8.60. The average Bonchev–Trinajstić information content (AvgIpc) is 2.84. The number of rotatable bonds is 5. The van der Waals surface area contributed by atoms with Gasteiger partial charge in [-0.3, -0.25) is 9.69 Å². The van der Waals surface area contributed by atoms with E-state index < -0.39 is 0 Å². The number of fused-ring (bicyclic) bond motifs is 1. The highest BCUT2D eigenvalue weighted by molar-refractivity contribution is 6.12. The minimum absolute atomic E-state index is 0.0161. The molecule has 1 heterocycles. The Balaban J connectivity index is 1.44. The SMILES string of the molecule is Cc1ccc(N2C(=O)c3ccccc3N[C@@H]2c2ccc(OCc3ccccc3)cc2)cc1. The van der Waals surface area contributed by atoms with Crippen molar-refractivity contribution in [3.63, 3.8) is 0 Å². The minimum Gasteiger partial charge on any atom is -0.489 e. The molecule has 0 bridgehead atoms. The summed E-state index contributed by atoms with van der Waals surface area (Å²) in [7, 11) is 0. The normalized spacial score (nSPS) is 15.1. The van der Waals surface area contributed by atoms with Gasteiger partial charge in [-0.15, -0.1) is 0 Å². The summed E-state index contributed by atoms with van der Waals surface area (Å²) in [5, 5.41) is 3.55. The highest BCUT2D eigenvalue weighted by Crippen LogP contribution is 2.37. The average molecular weight is 421 g/mol. The van der Waals surface area contributed by atoms with Crippen LogP contribution in [0.2, 0.25) is 0 Å². The number of carbonyl (C=O) groups excluding carboxylic acids is 1. The van der Waals surface area contributed by atoms with Crippen molar-refractivity contribution in [2.75, 3.05) is 10.2 Å². The number of aryl methyl sites for hydroxylation is 1. The van der Waals surface area contributed by atoms with E-state index in [1.54, 1.807) is 0 Å². The summed E-state index contributed by atoms with van der Waals surface area (Å²) < 4.78 is 5.94. The first kappa shape index (κ1) is 19.9. The van der Waals surface area contributed by atoms with Crippen molar-refractivity contribution in [1.29, 1.82) is 0 Å². The third-order valence-corrected chi connectivity index (χ3v) is 5.68. The van der Waals surface area contributed by atoms with Gasteiger partial charge in [0.1, 0.15) is 18.5 Å². The van der Waals surface area contributed by atoms with Gasteiger partial charge in [-0.05, 0) is 54.4 Å². The molecule has 0 spiro atoms. The Morgan fingerprint density at radius 1 is 0.812 bits per heavy atom. The van der Waals surface area contributed by atoms with Gasteiger partial charge in [0, 0.05) is 11.4 Å². The van der Waals surface area contributed by atoms with Crippen molar-refractivity contribution < 1.29 is 9.53 Å². The molecule has 0 fully saturated rings. The molecule has 4 aromatic carbocycles. The van der Waals surface area contributed by atoms with Crippen LogP contribution in [-0.2, 0) is 6.61 Å². The molecule has 1 aliphatic heterocycles. The molecule has 1 N–H and O–H groups in total. The Kier molecular flexibility index (Phi) is 5.34. The monoisotopic (exact) mass is 420 g/mol. The van der Waals surface area contributed by atoms with E-state index in [2.05, 4.69) is 5.32 Å². The number of hydrogen-bond acceptors (Lipinski definition) is 3. The van der Waals surface area contributed by atoms with Crippen molar-refractivity contribution in [3.8, 4) is 5.75 Å². The van der Waals surface area contributed by atoms with Crippen LogP contribution >= 0.6 is 0 Å². The van der Waals surface area contributed by atoms with E-state index in [1.165, 1.54) is 0 Å². The molecule has 0 radical (unpaired) electrons. The predicted octanol–water partition coefficient (Wildman–Crippen LogP) is 6.35. The molecule has 0 aliphatic carbocycles. The van der Waals surface area contributed by atoms with Crippen molar-refractivity contribution in [2.45, 2.75) is 19.7 Å². The van der Waals surface area contributed by atoms with E-state index in [4.69, 9.17) is 4.74 Å². The molecule has 0 unspecified atom stereocenters. The van der Waals surface area contributed by atoms with Gasteiger partial charge in [-0.25, -0.2) is 0 Å². The summed E-state index contributed by atoms with van der Waals surface area (Å²) >= 11 is 0. The van der Waals surface area contributed by atoms with Gasteiger partial charge < -0.3 is 10.1 Å². The molecule has 0 saturated carbocycles. The molecule has 4 heteroatoms. The van der Waals surface area contributed by atoms with Crippen LogP contribution in [-0.4, -0.2) is 5.91 Å². The Morgan fingerprint density at radius 3 is 2.25 bits per heavy atom. The topological polar surface area (TPSA) is 41.6 Å². The molecule has 1 amide bonds. The molecule has 0 aromatic heterocycles. The molecule has 4 aromatic rings. The molecule has 158 valence electrons. The summed E-state index contributed by atoms with van der Waals surface area (Å²) in [6, 6.07) is 33.7. The van der Waals surface area contributed by atoms with Gasteiger partial charge in [0.25, 0.3) is 5.91 Å². The first-order valence-corrected chi connectivity index (χ1v) is 10.7. The van der Waals surface area contributed by atoms with Crippen molar-refractivity contribution in [2.24, 2.45) is 0 Å². The Labute approximate surface area is 188 Å². The zero-order valence-corrected chi connectivity index (χ0v) is 17.9. The number of ether oxygens (including phenoxy) is 1. The fourth-order valence-electron chi connectivity index (χ4n) is 3.95. The summed E-state index contributed by atoms with van der Waals surface area (Å²) in [5.41, 5.74) is 5.64. The number of nitrogens with zero attached hydrogens (tertiary/aromatic N) is 1. The molecule has 1 atom stereocenters. The van der Waals surface area contributed by atoms with Gasteiger partial charge in [0.05, 0.1) is 5.56 Å². The van der Waals surface area contributed by atoms with E-state index in [1.807, 2.05) is 115 Å². The second-order valence-corrected chi connectivity index (χ2v) is 7.95. The number of anilines is 2. The highest BCUT2D eigenvalue weighted by atomic mass is 16.5. The maximum Gasteiger partial charge on any atom is 0.262 e. The van der Waals surface area contributed by atoms with Crippen molar-refractivity contribution in [1.82, 2.24) is 0 Å². The van der Waals surface area contributed by atoms with Crippen LogP contribution in [0.15, 0.2) is 103 Å². The third kappa shape index (κ3) is 3.95. The van der Waals surface area contributed by atoms with Crippen LogP contribution in [0.1, 0.15) is 33.2 Å². The number of amides is 1. The van der Waals surface area contributed by atoms with E-state index in [0.29, 0.717) is 12.2 Å². The van der Waals surface area contributed by atoms with E-state index in [9.17, 15) is 4.79 Å². The van der Waals surface area contributed by atoms with Crippen LogP contribution in [0.5, 0.6) is 5.75 Å². The molecule has 5 rings (SSSR count). The summed E-state index contributed by atoms with van der Waals surface area (Å²) in [6.07, 6.45) is -0.316. The first-order valence-electron chi connectivity index (χ1n) is 10.7. The zero-order chi connectivity index (χ0) is 21.9. The number of para-hydroxylation sites is 1. The van der Waals surface area contributed by atoms with E-state index >= 15 is 0 Å². The van der Waals surface area contributed by atoms with Gasteiger partial charge in [0.2, 0.25) is 0 Å². The minimum atomic E-state index is -0.316. The van der Waals surface area contributed by atoms with Gasteiger partial charge in [0.15, 0.2) is 0 Å². The Hall–Kier alpha value is -4.05. The van der Waals surface area contributed by atoms with Crippen LogP contribution in [0.3, 0.4) is 0 Å². The van der Waals surface area contributed by atoms with Gasteiger partial charge in [-0.2, -0.15) is 0 Å². The van der Waals surface area contributed by atoms with Gasteiger partial charge in [-0.1, -0.05) is 72.3 Å². The maximum absolute atomic E-state index is 13.5.